The third-order valence-electron chi connectivity index (χ3n) is 2.59. The predicted molar refractivity (Wildman–Crippen MR) is 84.0 cm³/mol. The van der Waals surface area contributed by atoms with Crippen molar-refractivity contribution in [2.24, 2.45) is 0 Å². The van der Waals surface area contributed by atoms with Crippen LogP contribution in [-0.4, -0.2) is 33.2 Å². The smallest absolute Gasteiger partial charge is 0.274 e. The molecule has 0 aliphatic heterocycles. The zero-order chi connectivity index (χ0) is 15.7. The van der Waals surface area contributed by atoms with Crippen molar-refractivity contribution in [3.8, 4) is 12.3 Å². The van der Waals surface area contributed by atoms with Gasteiger partial charge in [0.25, 0.3) is 6.20 Å². The molecule has 0 aromatic carbocycles. The fraction of sp³-hybridized carbons (Fsp3) is 0.462. The molecular formula is C13H19N5O2S. The second-order valence-corrected chi connectivity index (χ2v) is 5.42. The van der Waals surface area contributed by atoms with E-state index in [9.17, 15) is 10.1 Å². The molecule has 0 spiro atoms. The maximum absolute atomic E-state index is 10.5. The largest absolute Gasteiger partial charge is 0.366 e. The van der Waals surface area contributed by atoms with Gasteiger partial charge < -0.3 is 15.6 Å². The van der Waals surface area contributed by atoms with E-state index in [1.807, 2.05) is 6.92 Å². The van der Waals surface area contributed by atoms with Gasteiger partial charge in [-0.2, -0.15) is 11.8 Å². The molecule has 1 rings (SSSR count). The lowest BCUT2D eigenvalue weighted by Crippen LogP contribution is -2.34. The van der Waals surface area contributed by atoms with Crippen molar-refractivity contribution in [1.29, 1.82) is 0 Å². The van der Waals surface area contributed by atoms with Crippen LogP contribution in [0.3, 0.4) is 0 Å². The molecule has 3 N–H and O–H groups in total. The standard InChI is InChI=1S/C13H19N5O2S/c1-4-10(2)17-13(7-18(19)20)14-5-6-21-8-12-11(3)15-9-16-12/h1,7,9-10,14,17H,5-6,8H2,2-3H3,(H,15,16)/b13-7+. The van der Waals surface area contributed by atoms with Gasteiger partial charge in [-0.05, 0) is 13.8 Å². The van der Waals surface area contributed by atoms with E-state index in [-0.39, 0.29) is 6.04 Å². The van der Waals surface area contributed by atoms with Gasteiger partial charge in [0.15, 0.2) is 5.82 Å². The number of nitrogens with zero attached hydrogens (tertiary/aromatic N) is 2. The Morgan fingerprint density at radius 1 is 1.76 bits per heavy atom. The van der Waals surface area contributed by atoms with Crippen molar-refractivity contribution < 1.29 is 4.92 Å². The summed E-state index contributed by atoms with van der Waals surface area (Å²) in [5, 5.41) is 16.4. The van der Waals surface area contributed by atoms with Gasteiger partial charge in [0.2, 0.25) is 0 Å². The Hall–Kier alpha value is -2.14. The number of hydrogen-bond donors (Lipinski definition) is 3. The summed E-state index contributed by atoms with van der Waals surface area (Å²) in [4.78, 5) is 17.3. The Balaban J connectivity index is 2.32. The minimum absolute atomic E-state index is 0.275. The maximum Gasteiger partial charge on any atom is 0.274 e. The van der Waals surface area contributed by atoms with Gasteiger partial charge in [-0.25, -0.2) is 4.98 Å². The van der Waals surface area contributed by atoms with E-state index >= 15 is 0 Å². The Labute approximate surface area is 128 Å². The topological polar surface area (TPSA) is 95.9 Å². The number of rotatable bonds is 9. The molecule has 1 aromatic heterocycles. The summed E-state index contributed by atoms with van der Waals surface area (Å²) in [6.07, 6.45) is 7.80. The van der Waals surface area contributed by atoms with Crippen molar-refractivity contribution in [3.63, 3.8) is 0 Å². The molecule has 1 aromatic rings. The lowest BCUT2D eigenvalue weighted by atomic mass is 10.3. The van der Waals surface area contributed by atoms with E-state index in [2.05, 4.69) is 26.5 Å². The third kappa shape index (κ3) is 6.72. The van der Waals surface area contributed by atoms with Crippen LogP contribution in [0.4, 0.5) is 0 Å². The molecule has 0 bridgehead atoms. The first-order chi connectivity index (χ1) is 10.0. The average molecular weight is 309 g/mol. The van der Waals surface area contributed by atoms with E-state index in [4.69, 9.17) is 6.42 Å². The summed E-state index contributed by atoms with van der Waals surface area (Å²) in [6, 6.07) is -0.275. The van der Waals surface area contributed by atoms with Crippen molar-refractivity contribution in [2.45, 2.75) is 25.6 Å². The summed E-state index contributed by atoms with van der Waals surface area (Å²) in [7, 11) is 0. The van der Waals surface area contributed by atoms with Crippen molar-refractivity contribution in [2.75, 3.05) is 12.3 Å². The minimum atomic E-state index is -0.515. The molecule has 0 radical (unpaired) electrons. The molecule has 1 heterocycles. The molecule has 0 aliphatic carbocycles. The molecule has 21 heavy (non-hydrogen) atoms. The minimum Gasteiger partial charge on any atom is -0.366 e. The van der Waals surface area contributed by atoms with Crippen LogP contribution >= 0.6 is 11.8 Å². The van der Waals surface area contributed by atoms with Crippen LogP contribution in [0.5, 0.6) is 0 Å². The Morgan fingerprint density at radius 2 is 2.52 bits per heavy atom. The number of imidazole rings is 1. The average Bonchev–Trinajstić information content (AvgIpc) is 2.83. The Bertz CT molecular complexity index is 535. The van der Waals surface area contributed by atoms with Crippen LogP contribution in [0.15, 0.2) is 18.3 Å². The molecular weight excluding hydrogens is 290 g/mol. The van der Waals surface area contributed by atoms with E-state index in [0.717, 1.165) is 29.1 Å². The second kappa shape index (κ2) is 8.92. The van der Waals surface area contributed by atoms with Crippen LogP contribution in [0.25, 0.3) is 0 Å². The van der Waals surface area contributed by atoms with Gasteiger partial charge in [-0.3, -0.25) is 10.1 Å². The molecule has 1 unspecified atom stereocenters. The van der Waals surface area contributed by atoms with E-state index in [0.29, 0.717) is 12.4 Å². The lowest BCUT2D eigenvalue weighted by Gasteiger charge is -2.13. The van der Waals surface area contributed by atoms with Gasteiger partial charge in [-0.1, -0.05) is 5.92 Å². The Kier molecular flexibility index (Phi) is 7.18. The molecule has 114 valence electrons. The summed E-state index contributed by atoms with van der Waals surface area (Å²) in [5.41, 5.74) is 2.09. The highest BCUT2D eigenvalue weighted by molar-refractivity contribution is 7.98. The maximum atomic E-state index is 10.5. The van der Waals surface area contributed by atoms with E-state index < -0.39 is 4.92 Å². The van der Waals surface area contributed by atoms with Crippen LogP contribution in [0, 0.1) is 29.4 Å². The fourth-order valence-electron chi connectivity index (χ4n) is 1.47. The van der Waals surface area contributed by atoms with E-state index in [1.54, 1.807) is 25.0 Å². The van der Waals surface area contributed by atoms with Crippen LogP contribution in [0.1, 0.15) is 18.3 Å². The number of thioether (sulfide) groups is 1. The normalized spacial score (nSPS) is 12.5. The number of nitro groups is 1. The van der Waals surface area contributed by atoms with Crippen molar-refractivity contribution >= 4 is 11.8 Å². The quantitative estimate of drug-likeness (QED) is 0.275. The molecule has 1 atom stereocenters. The van der Waals surface area contributed by atoms with Gasteiger partial charge >= 0.3 is 0 Å². The monoisotopic (exact) mass is 309 g/mol. The van der Waals surface area contributed by atoms with Gasteiger partial charge in [0.1, 0.15) is 0 Å². The van der Waals surface area contributed by atoms with Gasteiger partial charge in [0.05, 0.1) is 23.0 Å². The number of terminal acetylenes is 1. The first-order valence-corrected chi connectivity index (χ1v) is 7.57. The molecule has 8 heteroatoms. The Morgan fingerprint density at radius 3 is 3.10 bits per heavy atom. The highest BCUT2D eigenvalue weighted by Gasteiger charge is 2.06. The molecule has 0 saturated carbocycles. The lowest BCUT2D eigenvalue weighted by molar-refractivity contribution is -0.404. The molecule has 0 amide bonds. The third-order valence-corrected chi connectivity index (χ3v) is 3.56. The number of H-pyrrole nitrogens is 1. The van der Waals surface area contributed by atoms with Crippen molar-refractivity contribution in [3.05, 3.63) is 39.9 Å². The van der Waals surface area contributed by atoms with Crippen molar-refractivity contribution in [1.82, 2.24) is 20.6 Å². The van der Waals surface area contributed by atoms with Gasteiger partial charge in [0, 0.05) is 23.7 Å². The zero-order valence-electron chi connectivity index (χ0n) is 12.0. The molecule has 7 nitrogen and oxygen atoms in total. The number of aromatic amines is 1. The summed E-state index contributed by atoms with van der Waals surface area (Å²) >= 11 is 1.70. The van der Waals surface area contributed by atoms with E-state index in [1.165, 1.54) is 0 Å². The number of nitrogens with one attached hydrogen (secondary N) is 3. The summed E-state index contributed by atoms with van der Waals surface area (Å²) in [5.74, 6) is 4.39. The highest BCUT2D eigenvalue weighted by Crippen LogP contribution is 2.11. The van der Waals surface area contributed by atoms with Crippen LogP contribution in [-0.2, 0) is 5.75 Å². The summed E-state index contributed by atoms with van der Waals surface area (Å²) < 4.78 is 0. The predicted octanol–water partition coefficient (Wildman–Crippen LogP) is 1.23. The number of hydrogen-bond acceptors (Lipinski definition) is 6. The number of aromatic nitrogens is 2. The van der Waals surface area contributed by atoms with Crippen LogP contribution in [0.2, 0.25) is 0 Å². The van der Waals surface area contributed by atoms with Gasteiger partial charge in [-0.15, -0.1) is 6.42 Å². The first kappa shape index (κ1) is 16.9. The van der Waals surface area contributed by atoms with Crippen LogP contribution < -0.4 is 10.6 Å². The number of aryl methyl sites for hydroxylation is 1. The second-order valence-electron chi connectivity index (χ2n) is 4.31. The SMILES string of the molecule is C#CC(C)N/C(=C/[N+](=O)[O-])NCCSCc1nc[nH]c1C. The zero-order valence-corrected chi connectivity index (χ0v) is 12.9. The molecule has 0 saturated heterocycles. The highest BCUT2D eigenvalue weighted by atomic mass is 32.2. The summed E-state index contributed by atoms with van der Waals surface area (Å²) in [6.45, 7) is 4.33. The molecule has 0 fully saturated rings. The fourth-order valence-corrected chi connectivity index (χ4v) is 2.35. The molecule has 0 aliphatic rings. The first-order valence-electron chi connectivity index (χ1n) is 6.41.